The van der Waals surface area contributed by atoms with Gasteiger partial charge in [0.1, 0.15) is 4.90 Å². The van der Waals surface area contributed by atoms with E-state index >= 15 is 0 Å². The van der Waals surface area contributed by atoms with Crippen molar-refractivity contribution in [3.63, 3.8) is 0 Å². The SMILES string of the molecule is CN(C)S(=O)(=O)c1ccccc1N1CCCCCC1CCl. The Kier molecular flexibility index (Phi) is 5.52. The summed E-state index contributed by atoms with van der Waals surface area (Å²) >= 11 is 6.13. The maximum atomic E-state index is 12.5. The number of anilines is 1. The van der Waals surface area contributed by atoms with Crippen LogP contribution in [-0.2, 0) is 10.0 Å². The highest BCUT2D eigenvalue weighted by Crippen LogP contribution is 2.31. The second-order valence-electron chi connectivity index (χ2n) is 5.61. The number of hydrogen-bond donors (Lipinski definition) is 0. The van der Waals surface area contributed by atoms with Crippen LogP contribution in [0.1, 0.15) is 25.7 Å². The standard InChI is InChI=1S/C15H23ClN2O2S/c1-17(2)21(19,20)15-10-6-5-9-14(15)18-11-7-3-4-8-13(18)12-16/h5-6,9-10,13H,3-4,7-8,11-12H2,1-2H3. The second kappa shape index (κ2) is 6.99. The van der Waals surface area contributed by atoms with Gasteiger partial charge in [-0.1, -0.05) is 25.0 Å². The number of sulfonamides is 1. The second-order valence-corrected chi connectivity index (χ2v) is 8.03. The minimum Gasteiger partial charge on any atom is -0.366 e. The summed E-state index contributed by atoms with van der Waals surface area (Å²) in [6, 6.07) is 7.43. The zero-order chi connectivity index (χ0) is 15.5. The van der Waals surface area contributed by atoms with Gasteiger partial charge in [0.05, 0.1) is 5.69 Å². The summed E-state index contributed by atoms with van der Waals surface area (Å²) in [4.78, 5) is 2.54. The van der Waals surface area contributed by atoms with Crippen molar-refractivity contribution in [1.82, 2.24) is 4.31 Å². The highest BCUT2D eigenvalue weighted by molar-refractivity contribution is 7.89. The Labute approximate surface area is 132 Å². The van der Waals surface area contributed by atoms with Crippen molar-refractivity contribution in [2.45, 2.75) is 36.6 Å². The Hall–Kier alpha value is -0.780. The first kappa shape index (κ1) is 16.6. The molecule has 1 aromatic carbocycles. The molecule has 118 valence electrons. The number of hydrogen-bond acceptors (Lipinski definition) is 3. The van der Waals surface area contributed by atoms with Gasteiger partial charge in [0.25, 0.3) is 0 Å². The summed E-state index contributed by atoms with van der Waals surface area (Å²) in [5, 5.41) is 0. The predicted molar refractivity (Wildman–Crippen MR) is 87.6 cm³/mol. The van der Waals surface area contributed by atoms with Crippen LogP contribution in [0.25, 0.3) is 0 Å². The highest BCUT2D eigenvalue weighted by atomic mass is 35.5. The Morgan fingerprint density at radius 2 is 1.95 bits per heavy atom. The highest BCUT2D eigenvalue weighted by Gasteiger charge is 2.27. The molecule has 1 saturated heterocycles. The first-order valence-corrected chi connectivity index (χ1v) is 9.30. The molecular weight excluding hydrogens is 308 g/mol. The van der Waals surface area contributed by atoms with E-state index in [0.717, 1.165) is 31.5 Å². The van der Waals surface area contributed by atoms with E-state index < -0.39 is 10.0 Å². The van der Waals surface area contributed by atoms with Crippen molar-refractivity contribution in [3.05, 3.63) is 24.3 Å². The van der Waals surface area contributed by atoms with Crippen molar-refractivity contribution in [3.8, 4) is 0 Å². The number of rotatable bonds is 4. The first-order valence-electron chi connectivity index (χ1n) is 7.32. The average Bonchev–Trinajstić information content (AvgIpc) is 2.72. The topological polar surface area (TPSA) is 40.6 Å². The first-order chi connectivity index (χ1) is 9.98. The van der Waals surface area contributed by atoms with Crippen LogP contribution in [0.5, 0.6) is 0 Å². The summed E-state index contributed by atoms with van der Waals surface area (Å²) in [6.07, 6.45) is 4.41. The van der Waals surface area contributed by atoms with E-state index in [1.807, 2.05) is 12.1 Å². The molecule has 1 aliphatic rings. The average molecular weight is 331 g/mol. The molecule has 1 heterocycles. The van der Waals surface area contributed by atoms with E-state index in [-0.39, 0.29) is 6.04 Å². The molecule has 1 unspecified atom stereocenters. The van der Waals surface area contributed by atoms with Gasteiger partial charge in [-0.3, -0.25) is 0 Å². The predicted octanol–water partition coefficient (Wildman–Crippen LogP) is 2.92. The van der Waals surface area contributed by atoms with E-state index in [4.69, 9.17) is 11.6 Å². The van der Waals surface area contributed by atoms with Gasteiger partial charge in [0.2, 0.25) is 10.0 Å². The molecule has 0 aliphatic carbocycles. The Bertz CT molecular complexity index is 575. The molecule has 0 radical (unpaired) electrons. The quantitative estimate of drug-likeness (QED) is 0.797. The summed E-state index contributed by atoms with van der Waals surface area (Å²) in [5.41, 5.74) is 0.777. The fourth-order valence-corrected chi connectivity index (χ4v) is 4.18. The van der Waals surface area contributed by atoms with Crippen LogP contribution in [0, 0.1) is 0 Å². The van der Waals surface area contributed by atoms with Crippen molar-refractivity contribution < 1.29 is 8.42 Å². The van der Waals surface area contributed by atoms with Crippen molar-refractivity contribution >= 4 is 27.3 Å². The molecule has 0 amide bonds. The van der Waals surface area contributed by atoms with Gasteiger partial charge in [-0.2, -0.15) is 0 Å². The minimum absolute atomic E-state index is 0.202. The molecular formula is C15H23ClN2O2S. The lowest BCUT2D eigenvalue weighted by Crippen LogP contribution is -2.37. The fourth-order valence-electron chi connectivity index (χ4n) is 2.76. The molecule has 0 N–H and O–H groups in total. The summed E-state index contributed by atoms with van der Waals surface area (Å²) in [7, 11) is -0.326. The number of nitrogens with zero attached hydrogens (tertiary/aromatic N) is 2. The Balaban J connectivity index is 2.48. The van der Waals surface area contributed by atoms with Gasteiger partial charge in [-0.15, -0.1) is 11.6 Å². The molecule has 0 spiro atoms. The lowest BCUT2D eigenvalue weighted by atomic mass is 10.1. The lowest BCUT2D eigenvalue weighted by Gasteiger charge is -2.32. The molecule has 2 rings (SSSR count). The monoisotopic (exact) mass is 330 g/mol. The molecule has 1 atom stereocenters. The molecule has 4 nitrogen and oxygen atoms in total. The maximum Gasteiger partial charge on any atom is 0.244 e. The zero-order valence-corrected chi connectivity index (χ0v) is 14.2. The molecule has 6 heteroatoms. The molecule has 1 aromatic rings. The number of halogens is 1. The van der Waals surface area contributed by atoms with E-state index in [1.165, 1.54) is 10.7 Å². The van der Waals surface area contributed by atoms with Crippen LogP contribution in [-0.4, -0.2) is 45.3 Å². The third kappa shape index (κ3) is 3.52. The van der Waals surface area contributed by atoms with E-state index in [1.54, 1.807) is 26.2 Å². The number of alkyl halides is 1. The molecule has 0 bridgehead atoms. The van der Waals surface area contributed by atoms with Crippen molar-refractivity contribution in [2.75, 3.05) is 31.4 Å². The van der Waals surface area contributed by atoms with Crippen LogP contribution in [0.2, 0.25) is 0 Å². The summed E-state index contributed by atoms with van der Waals surface area (Å²) in [6.45, 7) is 0.858. The molecule has 1 aliphatic heterocycles. The van der Waals surface area contributed by atoms with Crippen LogP contribution >= 0.6 is 11.6 Å². The molecule has 1 fully saturated rings. The molecule has 21 heavy (non-hydrogen) atoms. The smallest absolute Gasteiger partial charge is 0.244 e. The van der Waals surface area contributed by atoms with E-state index in [0.29, 0.717) is 10.8 Å². The lowest BCUT2D eigenvalue weighted by molar-refractivity contribution is 0.519. The third-order valence-electron chi connectivity index (χ3n) is 3.99. The molecule has 0 aromatic heterocycles. The third-order valence-corrected chi connectivity index (χ3v) is 6.21. The normalized spacial score (nSPS) is 20.6. The van der Waals surface area contributed by atoms with Crippen molar-refractivity contribution in [2.24, 2.45) is 0 Å². The zero-order valence-electron chi connectivity index (χ0n) is 12.6. The van der Waals surface area contributed by atoms with Gasteiger partial charge in [0.15, 0.2) is 0 Å². The van der Waals surface area contributed by atoms with E-state index in [9.17, 15) is 8.42 Å². The number of benzene rings is 1. The largest absolute Gasteiger partial charge is 0.366 e. The summed E-state index contributed by atoms with van der Waals surface area (Å²) in [5.74, 6) is 0.524. The Morgan fingerprint density at radius 1 is 1.24 bits per heavy atom. The fraction of sp³-hybridized carbons (Fsp3) is 0.600. The van der Waals surface area contributed by atoms with Gasteiger partial charge >= 0.3 is 0 Å². The maximum absolute atomic E-state index is 12.5. The van der Waals surface area contributed by atoms with Gasteiger partial charge < -0.3 is 4.90 Å². The van der Waals surface area contributed by atoms with Gasteiger partial charge in [0, 0.05) is 32.6 Å². The minimum atomic E-state index is -3.45. The molecule has 0 saturated carbocycles. The summed E-state index contributed by atoms with van der Waals surface area (Å²) < 4.78 is 26.3. The van der Waals surface area contributed by atoms with Crippen LogP contribution in [0.15, 0.2) is 29.2 Å². The number of para-hydroxylation sites is 1. The van der Waals surface area contributed by atoms with Crippen LogP contribution < -0.4 is 4.90 Å². The van der Waals surface area contributed by atoms with Crippen molar-refractivity contribution in [1.29, 1.82) is 0 Å². The van der Waals surface area contributed by atoms with Crippen LogP contribution in [0.3, 0.4) is 0 Å². The van der Waals surface area contributed by atoms with Crippen LogP contribution in [0.4, 0.5) is 5.69 Å². The van der Waals surface area contributed by atoms with Gasteiger partial charge in [-0.25, -0.2) is 12.7 Å². The van der Waals surface area contributed by atoms with Gasteiger partial charge in [-0.05, 0) is 25.0 Å². The Morgan fingerprint density at radius 3 is 2.62 bits per heavy atom. The van der Waals surface area contributed by atoms with E-state index in [2.05, 4.69) is 4.90 Å².